The molecular weight excluding hydrogens is 254 g/mol. The molecule has 1 fully saturated rings. The van der Waals surface area contributed by atoms with E-state index in [2.05, 4.69) is 38.4 Å². The molecule has 1 aliphatic heterocycles. The lowest BCUT2D eigenvalue weighted by atomic mass is 9.80. The fourth-order valence-corrected chi connectivity index (χ4v) is 3.90. The molecule has 0 saturated carbocycles. The van der Waals surface area contributed by atoms with Gasteiger partial charge in [0.15, 0.2) is 0 Å². The van der Waals surface area contributed by atoms with E-state index in [1.165, 1.54) is 44.9 Å². The van der Waals surface area contributed by atoms with Crippen LogP contribution >= 0.6 is 12.6 Å². The molecule has 1 rings (SSSR count). The first-order valence-corrected chi connectivity index (χ1v) is 8.70. The second-order valence-electron chi connectivity index (χ2n) is 6.34. The molecule has 0 aromatic carbocycles. The van der Waals surface area contributed by atoms with Crippen LogP contribution in [0.1, 0.15) is 58.8 Å². The van der Waals surface area contributed by atoms with Gasteiger partial charge < -0.3 is 9.64 Å². The fraction of sp³-hybridized carbons (Fsp3) is 1.00. The molecule has 3 heteroatoms. The minimum Gasteiger partial charge on any atom is -0.377 e. The first kappa shape index (κ1) is 17.3. The van der Waals surface area contributed by atoms with Gasteiger partial charge in [-0.05, 0) is 50.3 Å². The highest BCUT2D eigenvalue weighted by Gasteiger charge is 2.29. The first-order chi connectivity index (χ1) is 9.15. The average Bonchev–Trinajstić information content (AvgIpc) is 2.40. The largest absolute Gasteiger partial charge is 0.377 e. The van der Waals surface area contributed by atoms with E-state index in [1.54, 1.807) is 0 Å². The van der Waals surface area contributed by atoms with Crippen molar-refractivity contribution in [3.63, 3.8) is 0 Å². The Labute approximate surface area is 125 Å². The lowest BCUT2D eigenvalue weighted by Crippen LogP contribution is -2.41. The molecule has 0 N–H and O–H groups in total. The van der Waals surface area contributed by atoms with Crippen LogP contribution in [0.4, 0.5) is 0 Å². The molecule has 1 unspecified atom stereocenters. The molecule has 19 heavy (non-hydrogen) atoms. The molecule has 0 spiro atoms. The Balaban J connectivity index is 2.46. The van der Waals surface area contributed by atoms with Crippen LogP contribution in [0, 0.1) is 5.41 Å². The fourth-order valence-electron chi connectivity index (χ4n) is 3.49. The van der Waals surface area contributed by atoms with Crippen LogP contribution in [0.15, 0.2) is 0 Å². The van der Waals surface area contributed by atoms with Crippen molar-refractivity contribution in [2.45, 2.75) is 64.9 Å². The number of hydrogen-bond acceptors (Lipinski definition) is 3. The number of likely N-dealkylation sites (N-methyl/N-ethyl adjacent to an activating group) is 1. The lowest BCUT2D eigenvalue weighted by molar-refractivity contribution is -0.00772. The zero-order valence-corrected chi connectivity index (χ0v) is 14.1. The van der Waals surface area contributed by atoms with Crippen LogP contribution in [0.5, 0.6) is 0 Å². The smallest absolute Gasteiger partial charge is 0.0701 e. The highest BCUT2D eigenvalue weighted by atomic mass is 32.1. The van der Waals surface area contributed by atoms with Crippen LogP contribution < -0.4 is 0 Å². The number of rotatable bonds is 9. The Morgan fingerprint density at radius 3 is 2.37 bits per heavy atom. The van der Waals surface area contributed by atoms with Gasteiger partial charge in [0.1, 0.15) is 0 Å². The van der Waals surface area contributed by atoms with Crippen molar-refractivity contribution in [2.75, 3.05) is 32.5 Å². The molecule has 1 heterocycles. The molecule has 2 nitrogen and oxygen atoms in total. The Bertz CT molecular complexity index is 223. The predicted octanol–water partition coefficient (Wildman–Crippen LogP) is 4.00. The maximum atomic E-state index is 5.86. The number of nitrogens with zero attached hydrogens (tertiary/aromatic N) is 1. The summed E-state index contributed by atoms with van der Waals surface area (Å²) in [6.07, 6.45) is 9.37. The SMILES string of the molecule is CCCC(CS)(CCC)CN(C)CC1CCCCO1. The van der Waals surface area contributed by atoms with Gasteiger partial charge in [-0.15, -0.1) is 0 Å². The molecule has 0 aromatic rings. The van der Waals surface area contributed by atoms with Crippen LogP contribution in [0.3, 0.4) is 0 Å². The molecule has 0 radical (unpaired) electrons. The minimum atomic E-state index is 0.399. The van der Waals surface area contributed by atoms with Gasteiger partial charge in [-0.25, -0.2) is 0 Å². The second kappa shape index (κ2) is 9.25. The quantitative estimate of drug-likeness (QED) is 0.643. The van der Waals surface area contributed by atoms with Gasteiger partial charge in [-0.1, -0.05) is 26.7 Å². The van der Waals surface area contributed by atoms with Gasteiger partial charge in [0.2, 0.25) is 0 Å². The summed E-state index contributed by atoms with van der Waals surface area (Å²) >= 11 is 4.65. The van der Waals surface area contributed by atoms with Gasteiger partial charge in [0, 0.05) is 19.7 Å². The third kappa shape index (κ3) is 6.05. The van der Waals surface area contributed by atoms with Crippen LogP contribution in [0.2, 0.25) is 0 Å². The standard InChI is InChI=1S/C16H33NOS/c1-4-9-16(14-19,10-5-2)13-17(3)12-15-8-6-7-11-18-15/h15,19H,4-14H2,1-3H3. The highest BCUT2D eigenvalue weighted by molar-refractivity contribution is 7.80. The van der Waals surface area contributed by atoms with E-state index < -0.39 is 0 Å². The molecule has 1 aliphatic rings. The van der Waals surface area contributed by atoms with E-state index in [0.29, 0.717) is 11.5 Å². The molecule has 114 valence electrons. The summed E-state index contributed by atoms with van der Waals surface area (Å²) < 4.78 is 5.86. The number of ether oxygens (including phenoxy) is 1. The Hall–Kier alpha value is 0.270. The van der Waals surface area contributed by atoms with Crippen molar-refractivity contribution in [3.8, 4) is 0 Å². The summed E-state index contributed by atoms with van der Waals surface area (Å²) in [5.41, 5.74) is 0.399. The zero-order valence-electron chi connectivity index (χ0n) is 13.2. The molecular formula is C16H33NOS. The van der Waals surface area contributed by atoms with Crippen molar-refractivity contribution in [3.05, 3.63) is 0 Å². The molecule has 1 atom stereocenters. The predicted molar refractivity (Wildman–Crippen MR) is 87.2 cm³/mol. The molecule has 0 aliphatic carbocycles. The average molecular weight is 288 g/mol. The van der Waals surface area contributed by atoms with Gasteiger partial charge >= 0.3 is 0 Å². The molecule has 0 amide bonds. The summed E-state index contributed by atoms with van der Waals surface area (Å²) in [7, 11) is 2.25. The van der Waals surface area contributed by atoms with Crippen molar-refractivity contribution < 1.29 is 4.74 Å². The monoisotopic (exact) mass is 287 g/mol. The Kier molecular flexibility index (Phi) is 8.43. The molecule has 0 aromatic heterocycles. The van der Waals surface area contributed by atoms with E-state index in [-0.39, 0.29) is 0 Å². The van der Waals surface area contributed by atoms with Gasteiger partial charge in [0.25, 0.3) is 0 Å². The third-order valence-corrected chi connectivity index (χ3v) is 4.96. The van der Waals surface area contributed by atoms with E-state index in [4.69, 9.17) is 4.74 Å². The molecule has 1 saturated heterocycles. The third-order valence-electron chi connectivity index (χ3n) is 4.29. The minimum absolute atomic E-state index is 0.399. The van der Waals surface area contributed by atoms with Crippen LogP contribution in [0.25, 0.3) is 0 Å². The highest BCUT2D eigenvalue weighted by Crippen LogP contribution is 2.32. The maximum Gasteiger partial charge on any atom is 0.0701 e. The topological polar surface area (TPSA) is 12.5 Å². The van der Waals surface area contributed by atoms with Crippen molar-refractivity contribution in [1.29, 1.82) is 0 Å². The molecule has 0 bridgehead atoms. The van der Waals surface area contributed by atoms with E-state index >= 15 is 0 Å². The van der Waals surface area contributed by atoms with Gasteiger partial charge in [0.05, 0.1) is 6.10 Å². The normalized spacial score (nSPS) is 21.0. The van der Waals surface area contributed by atoms with Crippen molar-refractivity contribution in [1.82, 2.24) is 4.90 Å². The second-order valence-corrected chi connectivity index (χ2v) is 6.66. The lowest BCUT2D eigenvalue weighted by Gasteiger charge is -2.37. The number of thiol groups is 1. The summed E-state index contributed by atoms with van der Waals surface area (Å²) in [5, 5.41) is 0. The summed E-state index contributed by atoms with van der Waals surface area (Å²) in [6, 6.07) is 0. The zero-order chi connectivity index (χ0) is 14.1. The van der Waals surface area contributed by atoms with Crippen LogP contribution in [-0.4, -0.2) is 43.5 Å². The summed E-state index contributed by atoms with van der Waals surface area (Å²) in [5.74, 6) is 1.00. The van der Waals surface area contributed by atoms with Gasteiger partial charge in [-0.2, -0.15) is 12.6 Å². The Morgan fingerprint density at radius 1 is 1.21 bits per heavy atom. The van der Waals surface area contributed by atoms with Gasteiger partial charge in [-0.3, -0.25) is 0 Å². The van der Waals surface area contributed by atoms with E-state index in [0.717, 1.165) is 25.4 Å². The summed E-state index contributed by atoms with van der Waals surface area (Å²) in [6.45, 7) is 7.79. The maximum absolute atomic E-state index is 5.86. The first-order valence-electron chi connectivity index (χ1n) is 8.07. The summed E-state index contributed by atoms with van der Waals surface area (Å²) in [4.78, 5) is 2.48. The van der Waals surface area contributed by atoms with Crippen LogP contribution in [-0.2, 0) is 4.74 Å². The number of hydrogen-bond donors (Lipinski definition) is 1. The van der Waals surface area contributed by atoms with E-state index in [9.17, 15) is 0 Å². The Morgan fingerprint density at radius 2 is 1.89 bits per heavy atom. The van der Waals surface area contributed by atoms with Crippen molar-refractivity contribution in [2.24, 2.45) is 5.41 Å². The van der Waals surface area contributed by atoms with E-state index in [1.807, 2.05) is 0 Å². The van der Waals surface area contributed by atoms with Crippen molar-refractivity contribution >= 4 is 12.6 Å².